The van der Waals surface area contributed by atoms with Gasteiger partial charge in [0.2, 0.25) is 0 Å². The van der Waals surface area contributed by atoms with E-state index in [1.54, 1.807) is 0 Å². The van der Waals surface area contributed by atoms with E-state index in [9.17, 15) is 0 Å². The molecule has 3 heterocycles. The Morgan fingerprint density at radius 2 is 0.627 bits per heavy atom. The van der Waals surface area contributed by atoms with Gasteiger partial charge in [0.1, 0.15) is 0 Å². The summed E-state index contributed by atoms with van der Waals surface area (Å²) in [5.41, 5.74) is 22.3. The van der Waals surface area contributed by atoms with Crippen LogP contribution in [-0.2, 0) is 21.7 Å². The third-order valence-electron chi connectivity index (χ3n) is 15.9. The van der Waals surface area contributed by atoms with Crippen molar-refractivity contribution in [2.45, 2.75) is 105 Å². The van der Waals surface area contributed by atoms with Gasteiger partial charge in [0.15, 0.2) is 0 Å². The lowest BCUT2D eigenvalue weighted by atomic mass is 9.33. The number of anilines is 6. The molecule has 2 aliphatic rings. The third-order valence-corrected chi connectivity index (χ3v) is 15.9. The normalized spacial score (nSPS) is 13.5. The molecule has 3 nitrogen and oxygen atoms in total. The Hall–Kier alpha value is -7.69. The van der Waals surface area contributed by atoms with Crippen LogP contribution in [0, 0.1) is 0 Å². The highest BCUT2D eigenvalue weighted by molar-refractivity contribution is 7.00. The van der Waals surface area contributed by atoms with E-state index in [0.717, 1.165) is 45.0 Å². The van der Waals surface area contributed by atoms with Crippen LogP contribution in [0.4, 0.5) is 34.1 Å². The lowest BCUT2D eigenvalue weighted by Gasteiger charge is -2.44. The van der Waals surface area contributed by atoms with Gasteiger partial charge in [0.25, 0.3) is 6.71 Å². The topological polar surface area (TPSA) is 19.4 Å². The van der Waals surface area contributed by atoms with Gasteiger partial charge in [0, 0.05) is 45.3 Å². The van der Waals surface area contributed by atoms with Gasteiger partial charge in [-0.1, -0.05) is 192 Å². The molecule has 0 radical (unpaired) electrons. The van der Waals surface area contributed by atoms with Crippen molar-refractivity contribution in [3.63, 3.8) is 0 Å². The van der Waals surface area contributed by atoms with E-state index in [2.05, 4.69) is 287 Å². The van der Waals surface area contributed by atoms with Gasteiger partial charge in [-0.2, -0.15) is 0 Å². The summed E-state index contributed by atoms with van der Waals surface area (Å²) in [5, 5.41) is 4.93. The van der Waals surface area contributed by atoms with Crippen LogP contribution in [0.1, 0.15) is 105 Å². The van der Waals surface area contributed by atoms with Crippen LogP contribution >= 0.6 is 0 Å². The highest BCUT2D eigenvalue weighted by atomic mass is 15.2. The molecule has 0 unspecified atom stereocenters. The average Bonchev–Trinajstić information content (AvgIpc) is 3.42. The summed E-state index contributed by atoms with van der Waals surface area (Å²) in [5.74, 6) is 0. The molecule has 0 spiro atoms. The molecule has 370 valence electrons. The van der Waals surface area contributed by atoms with Gasteiger partial charge in [-0.15, -0.1) is 0 Å². The smallest absolute Gasteiger partial charge is 0.252 e. The van der Waals surface area contributed by atoms with Crippen LogP contribution in [0.2, 0.25) is 0 Å². The highest BCUT2D eigenvalue weighted by Gasteiger charge is 2.44. The van der Waals surface area contributed by atoms with Crippen molar-refractivity contribution in [2.75, 3.05) is 9.80 Å². The molecule has 12 rings (SSSR count). The van der Waals surface area contributed by atoms with Gasteiger partial charge in [-0.05, 0) is 178 Å². The van der Waals surface area contributed by atoms with Crippen molar-refractivity contribution in [1.29, 1.82) is 0 Å². The quantitative estimate of drug-likeness (QED) is 0.160. The van der Waals surface area contributed by atoms with E-state index in [1.807, 2.05) is 0 Å². The number of pyridine rings is 1. The number of aromatic nitrogens is 1. The fourth-order valence-corrected chi connectivity index (χ4v) is 11.5. The zero-order valence-corrected chi connectivity index (χ0v) is 45.9. The Kier molecular flexibility index (Phi) is 11.2. The second kappa shape index (κ2) is 17.5. The lowest BCUT2D eigenvalue weighted by Crippen LogP contribution is -2.61. The summed E-state index contributed by atoms with van der Waals surface area (Å²) >= 11 is 0. The van der Waals surface area contributed by atoms with Crippen LogP contribution in [0.25, 0.3) is 55.2 Å². The highest BCUT2D eigenvalue weighted by Crippen LogP contribution is 2.48. The van der Waals surface area contributed by atoms with Gasteiger partial charge in [-0.25, -0.2) is 4.98 Å². The summed E-state index contributed by atoms with van der Waals surface area (Å²) < 4.78 is 0. The van der Waals surface area contributed by atoms with Crippen molar-refractivity contribution >= 4 is 78.8 Å². The van der Waals surface area contributed by atoms with Crippen molar-refractivity contribution < 1.29 is 0 Å². The molecule has 0 bridgehead atoms. The molecule has 0 saturated heterocycles. The van der Waals surface area contributed by atoms with Crippen LogP contribution in [-0.4, -0.2) is 11.7 Å². The first kappa shape index (κ1) is 48.3. The molecule has 9 aromatic carbocycles. The third kappa shape index (κ3) is 8.63. The number of hydrogen-bond acceptors (Lipinski definition) is 3. The molecule has 0 aliphatic carbocycles. The molecule has 0 saturated carbocycles. The Bertz CT molecular complexity index is 3570. The van der Waals surface area contributed by atoms with E-state index in [-0.39, 0.29) is 28.4 Å². The summed E-state index contributed by atoms with van der Waals surface area (Å²) in [6.45, 7) is 27.8. The first-order chi connectivity index (χ1) is 35.7. The van der Waals surface area contributed by atoms with Crippen LogP contribution in [0.3, 0.4) is 0 Å². The molecular weight excluding hydrogens is 906 g/mol. The Morgan fingerprint density at radius 3 is 0.973 bits per heavy atom. The maximum Gasteiger partial charge on any atom is 0.252 e. The van der Waals surface area contributed by atoms with E-state index < -0.39 is 0 Å². The largest absolute Gasteiger partial charge is 0.311 e. The molecule has 10 aromatic rings. The average molecular weight is 974 g/mol. The molecule has 0 amide bonds. The zero-order chi connectivity index (χ0) is 52.3. The number of rotatable bonds is 5. The predicted molar refractivity (Wildman–Crippen MR) is 324 cm³/mol. The molecule has 2 aliphatic heterocycles. The SMILES string of the molecule is CC(C)(C)c1cc(-c2cc(-c3cc4c5c(c3)N(c3ccccc3)c3cc6ccccc6cc3B5c3cc5ccccc5cc3N4c3ccccc3)cc(-c3cc(C(C)(C)C)cc(C(C)(C)C)c3)n2)cc(C(C)(C)C)c1. The minimum Gasteiger partial charge on any atom is -0.311 e. The Balaban J connectivity index is 1.21. The number of para-hydroxylation sites is 2. The van der Waals surface area contributed by atoms with Crippen molar-refractivity contribution in [3.8, 4) is 33.6 Å². The molecule has 0 N–H and O–H groups in total. The second-order valence-electron chi connectivity index (χ2n) is 25.4. The van der Waals surface area contributed by atoms with Gasteiger partial charge in [0.05, 0.1) is 11.4 Å². The molecule has 1 aromatic heterocycles. The fourth-order valence-electron chi connectivity index (χ4n) is 11.5. The van der Waals surface area contributed by atoms with Crippen LogP contribution in [0.15, 0.2) is 194 Å². The maximum absolute atomic E-state index is 5.77. The number of benzene rings is 9. The summed E-state index contributed by atoms with van der Waals surface area (Å²) in [6, 6.07) is 73.7. The van der Waals surface area contributed by atoms with Gasteiger partial charge < -0.3 is 9.80 Å². The molecule has 0 fully saturated rings. The molecule has 0 atom stereocenters. The molecule has 75 heavy (non-hydrogen) atoms. The van der Waals surface area contributed by atoms with Crippen molar-refractivity contribution in [1.82, 2.24) is 4.98 Å². The maximum atomic E-state index is 5.77. The second-order valence-corrected chi connectivity index (χ2v) is 25.4. The summed E-state index contributed by atoms with van der Waals surface area (Å²) in [7, 11) is 0. The summed E-state index contributed by atoms with van der Waals surface area (Å²) in [6.07, 6.45) is 0. The van der Waals surface area contributed by atoms with Crippen molar-refractivity contribution in [3.05, 3.63) is 216 Å². The fraction of sp³-hybridized carbons (Fsp3) is 0.225. The van der Waals surface area contributed by atoms with Crippen LogP contribution < -0.4 is 26.2 Å². The number of nitrogens with zero attached hydrogens (tertiary/aromatic N) is 3. The molecular formula is C71H68BN3. The van der Waals surface area contributed by atoms with E-state index >= 15 is 0 Å². The van der Waals surface area contributed by atoms with E-state index in [0.29, 0.717) is 0 Å². The standard InChI is InChI=1S/C71H68BN3/c1-68(2,3)53-31-51(32-54(43-53)69(4,5)6)61-37-49(38-62(73-61)52-33-55(70(7,8)9)44-56(34-52)71(10,11)12)50-41-65-67-66(42-50)75(58-29-17-14-18-30-58)64-40-48-26-22-20-24-46(48)36-60(64)72(67)59-35-45-23-19-21-25-47(45)39-63(59)74(65)57-27-15-13-16-28-57/h13-44H,1-12H3. The van der Waals surface area contributed by atoms with Gasteiger partial charge >= 0.3 is 0 Å². The Morgan fingerprint density at radius 1 is 0.307 bits per heavy atom. The first-order valence-electron chi connectivity index (χ1n) is 27.0. The first-order valence-corrected chi connectivity index (χ1v) is 27.0. The van der Waals surface area contributed by atoms with Gasteiger partial charge in [-0.3, -0.25) is 0 Å². The van der Waals surface area contributed by atoms with E-state index in [4.69, 9.17) is 4.98 Å². The minimum atomic E-state index is -0.0676. The lowest BCUT2D eigenvalue weighted by molar-refractivity contribution is 0.568. The minimum absolute atomic E-state index is 0.0429. The molecule has 4 heteroatoms. The zero-order valence-electron chi connectivity index (χ0n) is 45.9. The van der Waals surface area contributed by atoms with Crippen LogP contribution in [0.5, 0.6) is 0 Å². The van der Waals surface area contributed by atoms with E-state index in [1.165, 1.54) is 82.9 Å². The number of hydrogen-bond donors (Lipinski definition) is 0. The number of fused-ring (bicyclic) bond motifs is 6. The Labute approximate surface area is 446 Å². The predicted octanol–water partition coefficient (Wildman–Crippen LogP) is 17.7. The monoisotopic (exact) mass is 974 g/mol. The van der Waals surface area contributed by atoms with Crippen molar-refractivity contribution in [2.24, 2.45) is 0 Å². The summed E-state index contributed by atoms with van der Waals surface area (Å²) in [4.78, 5) is 10.9.